The second kappa shape index (κ2) is 5.96. The van der Waals surface area contributed by atoms with Crippen LogP contribution < -0.4 is 5.32 Å². The van der Waals surface area contributed by atoms with E-state index in [1.165, 1.54) is 19.1 Å². The summed E-state index contributed by atoms with van der Waals surface area (Å²) in [4.78, 5) is 14.3. The Kier molecular flexibility index (Phi) is 3.87. The third-order valence-electron chi connectivity index (χ3n) is 3.65. The van der Waals surface area contributed by atoms with Crippen LogP contribution in [0.3, 0.4) is 0 Å². The minimum Gasteiger partial charge on any atom is -0.468 e. The van der Waals surface area contributed by atoms with Crippen LogP contribution in [-0.2, 0) is 0 Å². The highest BCUT2D eigenvalue weighted by molar-refractivity contribution is 5.91. The summed E-state index contributed by atoms with van der Waals surface area (Å²) < 4.78 is 10.6. The van der Waals surface area contributed by atoms with Gasteiger partial charge in [0.25, 0.3) is 5.91 Å². The molecule has 0 unspecified atom stereocenters. The molecule has 0 saturated carbocycles. The molecule has 5 heteroatoms. The van der Waals surface area contributed by atoms with Gasteiger partial charge in [0.15, 0.2) is 5.76 Å². The second-order valence-electron chi connectivity index (χ2n) is 4.96. The van der Waals surface area contributed by atoms with Crippen LogP contribution in [0.25, 0.3) is 0 Å². The maximum atomic E-state index is 11.9. The van der Waals surface area contributed by atoms with E-state index < -0.39 is 0 Å². The highest BCUT2D eigenvalue weighted by atomic mass is 16.3. The summed E-state index contributed by atoms with van der Waals surface area (Å²) >= 11 is 0. The summed E-state index contributed by atoms with van der Waals surface area (Å²) in [7, 11) is 0. The normalized spacial score (nSPS) is 17.2. The molecule has 0 aromatic carbocycles. The molecular weight excluding hydrogens is 256 g/mol. The smallest absolute Gasteiger partial charge is 0.287 e. The Labute approximate surface area is 117 Å². The predicted molar refractivity (Wildman–Crippen MR) is 73.3 cm³/mol. The quantitative estimate of drug-likeness (QED) is 0.909. The molecular formula is C15H18N2O3. The molecule has 1 N–H and O–H groups in total. The van der Waals surface area contributed by atoms with Crippen molar-refractivity contribution < 1.29 is 13.6 Å². The van der Waals surface area contributed by atoms with Crippen molar-refractivity contribution in [2.75, 3.05) is 19.6 Å². The molecule has 2 aromatic heterocycles. The number of nitrogens with one attached hydrogen (secondary N) is 1. The number of furan rings is 2. The Hall–Kier alpha value is -2.01. The Bertz CT molecular complexity index is 527. The lowest BCUT2D eigenvalue weighted by Crippen LogP contribution is -2.36. The molecule has 1 aliphatic heterocycles. The van der Waals surface area contributed by atoms with Gasteiger partial charge in [-0.3, -0.25) is 9.69 Å². The summed E-state index contributed by atoms with van der Waals surface area (Å²) in [5.41, 5.74) is 0. The number of hydrogen-bond acceptors (Lipinski definition) is 4. The van der Waals surface area contributed by atoms with Crippen molar-refractivity contribution >= 4 is 5.91 Å². The third-order valence-corrected chi connectivity index (χ3v) is 3.65. The molecule has 1 atom stereocenters. The van der Waals surface area contributed by atoms with Gasteiger partial charge >= 0.3 is 0 Å². The number of rotatable bonds is 5. The van der Waals surface area contributed by atoms with Gasteiger partial charge in [-0.1, -0.05) is 0 Å². The Morgan fingerprint density at radius 1 is 1.20 bits per heavy atom. The zero-order chi connectivity index (χ0) is 13.8. The van der Waals surface area contributed by atoms with Gasteiger partial charge < -0.3 is 14.2 Å². The molecule has 20 heavy (non-hydrogen) atoms. The molecule has 106 valence electrons. The maximum Gasteiger partial charge on any atom is 0.287 e. The van der Waals surface area contributed by atoms with E-state index in [0.29, 0.717) is 12.3 Å². The highest BCUT2D eigenvalue weighted by Crippen LogP contribution is 2.24. The van der Waals surface area contributed by atoms with Crippen molar-refractivity contribution in [1.82, 2.24) is 10.2 Å². The molecule has 0 aliphatic carbocycles. The third kappa shape index (κ3) is 2.77. The van der Waals surface area contributed by atoms with E-state index in [1.54, 1.807) is 18.4 Å². The largest absolute Gasteiger partial charge is 0.468 e. The maximum absolute atomic E-state index is 11.9. The Morgan fingerprint density at radius 3 is 2.60 bits per heavy atom. The molecule has 1 amide bonds. The minimum absolute atomic E-state index is 0.0893. The standard InChI is InChI=1S/C15H18N2O3/c18-15(14-6-4-10-20-14)16-11-12(13-5-3-9-19-13)17-7-1-2-8-17/h3-6,9-10,12H,1-2,7-8,11H2,(H,16,18)/t12-/m0/s1. The summed E-state index contributed by atoms with van der Waals surface area (Å²) in [5.74, 6) is 1.04. The van der Waals surface area contributed by atoms with Gasteiger partial charge in [0.2, 0.25) is 0 Å². The first-order chi connectivity index (χ1) is 9.84. The van der Waals surface area contributed by atoms with Gasteiger partial charge in [-0.05, 0) is 50.2 Å². The lowest BCUT2D eigenvalue weighted by atomic mass is 10.2. The van der Waals surface area contributed by atoms with Crippen LogP contribution in [0.2, 0.25) is 0 Å². The van der Waals surface area contributed by atoms with E-state index in [2.05, 4.69) is 10.2 Å². The minimum atomic E-state index is -0.189. The monoisotopic (exact) mass is 274 g/mol. The number of carbonyl (C=O) groups excluding carboxylic acids is 1. The average molecular weight is 274 g/mol. The van der Waals surface area contributed by atoms with Gasteiger partial charge in [0.05, 0.1) is 18.6 Å². The Morgan fingerprint density at radius 2 is 1.95 bits per heavy atom. The number of amides is 1. The van der Waals surface area contributed by atoms with Gasteiger partial charge in [-0.2, -0.15) is 0 Å². The molecule has 3 heterocycles. The molecule has 0 spiro atoms. The van der Waals surface area contributed by atoms with Gasteiger partial charge in [0.1, 0.15) is 5.76 Å². The fourth-order valence-electron chi connectivity index (χ4n) is 2.63. The van der Waals surface area contributed by atoms with Gasteiger partial charge in [-0.25, -0.2) is 0 Å². The summed E-state index contributed by atoms with van der Waals surface area (Å²) in [6.45, 7) is 2.61. The molecule has 1 aliphatic rings. The SMILES string of the molecule is O=C(NC[C@@H](c1ccco1)N1CCCC1)c1ccco1. The van der Waals surface area contributed by atoms with Crippen molar-refractivity contribution in [1.29, 1.82) is 0 Å². The zero-order valence-corrected chi connectivity index (χ0v) is 11.2. The number of carbonyl (C=O) groups is 1. The molecule has 5 nitrogen and oxygen atoms in total. The van der Waals surface area contributed by atoms with E-state index in [4.69, 9.17) is 8.83 Å². The van der Waals surface area contributed by atoms with Crippen molar-refractivity contribution in [3.63, 3.8) is 0 Å². The lowest BCUT2D eigenvalue weighted by Gasteiger charge is -2.25. The zero-order valence-electron chi connectivity index (χ0n) is 11.2. The van der Waals surface area contributed by atoms with Crippen LogP contribution in [0.4, 0.5) is 0 Å². The van der Waals surface area contributed by atoms with Crippen molar-refractivity contribution in [3.8, 4) is 0 Å². The summed E-state index contributed by atoms with van der Waals surface area (Å²) in [6, 6.07) is 7.30. The van der Waals surface area contributed by atoms with E-state index in [-0.39, 0.29) is 11.9 Å². The fourth-order valence-corrected chi connectivity index (χ4v) is 2.63. The van der Waals surface area contributed by atoms with Crippen LogP contribution in [-0.4, -0.2) is 30.4 Å². The van der Waals surface area contributed by atoms with Crippen molar-refractivity contribution in [2.45, 2.75) is 18.9 Å². The van der Waals surface area contributed by atoms with Crippen molar-refractivity contribution in [3.05, 3.63) is 48.3 Å². The lowest BCUT2D eigenvalue weighted by molar-refractivity contribution is 0.0906. The number of likely N-dealkylation sites (tertiary alicyclic amines) is 1. The van der Waals surface area contributed by atoms with E-state index >= 15 is 0 Å². The first-order valence-corrected chi connectivity index (χ1v) is 6.94. The topological polar surface area (TPSA) is 58.6 Å². The Balaban J connectivity index is 1.66. The van der Waals surface area contributed by atoms with Gasteiger partial charge in [0, 0.05) is 6.54 Å². The van der Waals surface area contributed by atoms with Gasteiger partial charge in [-0.15, -0.1) is 0 Å². The highest BCUT2D eigenvalue weighted by Gasteiger charge is 2.26. The molecule has 3 rings (SSSR count). The predicted octanol–water partition coefficient (Wildman–Crippen LogP) is 2.44. The first kappa shape index (κ1) is 13.0. The van der Waals surface area contributed by atoms with Crippen LogP contribution in [0.5, 0.6) is 0 Å². The summed E-state index contributed by atoms with van der Waals surface area (Å²) in [6.07, 6.45) is 5.57. The van der Waals surface area contributed by atoms with Crippen LogP contribution >= 0.6 is 0 Å². The number of hydrogen-bond donors (Lipinski definition) is 1. The molecule has 1 saturated heterocycles. The molecule has 2 aromatic rings. The van der Waals surface area contributed by atoms with E-state index in [1.807, 2.05) is 12.1 Å². The van der Waals surface area contributed by atoms with Crippen LogP contribution in [0.15, 0.2) is 45.6 Å². The molecule has 1 fully saturated rings. The molecule has 0 radical (unpaired) electrons. The van der Waals surface area contributed by atoms with Crippen molar-refractivity contribution in [2.24, 2.45) is 0 Å². The second-order valence-corrected chi connectivity index (χ2v) is 4.96. The fraction of sp³-hybridized carbons (Fsp3) is 0.400. The average Bonchev–Trinajstić information content (AvgIpc) is 3.22. The molecule has 0 bridgehead atoms. The van der Waals surface area contributed by atoms with E-state index in [9.17, 15) is 4.79 Å². The van der Waals surface area contributed by atoms with Crippen LogP contribution in [0.1, 0.15) is 35.2 Å². The number of nitrogens with zero attached hydrogens (tertiary/aromatic N) is 1. The summed E-state index contributed by atoms with van der Waals surface area (Å²) in [5, 5.41) is 2.92. The first-order valence-electron chi connectivity index (χ1n) is 6.94. The van der Waals surface area contributed by atoms with Crippen LogP contribution in [0, 0.1) is 0 Å². The van der Waals surface area contributed by atoms with E-state index in [0.717, 1.165) is 18.8 Å².